The van der Waals surface area contributed by atoms with Crippen molar-refractivity contribution < 1.29 is 4.79 Å². The molecule has 4 bridgehead atoms. The summed E-state index contributed by atoms with van der Waals surface area (Å²) < 4.78 is 0. The maximum Gasteiger partial charge on any atom is 0.139 e. The summed E-state index contributed by atoms with van der Waals surface area (Å²) >= 11 is 0. The monoisotopic (exact) mass is 260 g/mol. The lowest BCUT2D eigenvalue weighted by Gasteiger charge is -2.54. The first kappa shape index (κ1) is 12.4. The predicted molar refractivity (Wildman–Crippen MR) is 76.7 cm³/mol. The Morgan fingerprint density at radius 3 is 2.05 bits per heavy atom. The predicted octanol–water partition coefficient (Wildman–Crippen LogP) is 4.45. The molecule has 0 aromatic heterocycles. The average molecular weight is 260 g/mol. The topological polar surface area (TPSA) is 17.1 Å². The molecule has 2 unspecified atom stereocenters. The van der Waals surface area contributed by atoms with E-state index in [-0.39, 0.29) is 0 Å². The van der Waals surface area contributed by atoms with Gasteiger partial charge in [0.05, 0.1) is 0 Å². The molecule has 0 amide bonds. The molecule has 0 N–H and O–H groups in total. The molecule has 5 aliphatic rings. The third kappa shape index (κ3) is 2.08. The van der Waals surface area contributed by atoms with E-state index in [0.717, 1.165) is 29.6 Å². The van der Waals surface area contributed by atoms with Gasteiger partial charge in [-0.15, -0.1) is 0 Å². The maximum absolute atomic E-state index is 13.0. The van der Waals surface area contributed by atoms with Gasteiger partial charge in [0.2, 0.25) is 0 Å². The zero-order valence-corrected chi connectivity index (χ0v) is 12.3. The molecule has 0 aromatic carbocycles. The maximum atomic E-state index is 13.0. The van der Waals surface area contributed by atoms with Crippen molar-refractivity contribution in [3.05, 3.63) is 0 Å². The van der Waals surface area contributed by atoms with Crippen LogP contribution in [0.2, 0.25) is 0 Å². The van der Waals surface area contributed by atoms with Gasteiger partial charge in [-0.05, 0) is 74.5 Å². The number of Topliss-reactive ketones (excluding diaryl/α,β-unsaturated/α-hetero) is 1. The Morgan fingerprint density at radius 1 is 0.842 bits per heavy atom. The molecule has 19 heavy (non-hydrogen) atoms. The van der Waals surface area contributed by atoms with E-state index in [9.17, 15) is 4.79 Å². The van der Waals surface area contributed by atoms with Gasteiger partial charge in [-0.2, -0.15) is 0 Å². The third-order valence-electron chi connectivity index (χ3n) is 6.89. The van der Waals surface area contributed by atoms with Crippen molar-refractivity contribution in [1.29, 1.82) is 0 Å². The van der Waals surface area contributed by atoms with E-state index >= 15 is 0 Å². The van der Waals surface area contributed by atoms with Crippen LogP contribution in [0.25, 0.3) is 0 Å². The lowest BCUT2D eigenvalue weighted by molar-refractivity contribution is -0.141. The van der Waals surface area contributed by atoms with Crippen LogP contribution in [0.4, 0.5) is 0 Å². The molecule has 106 valence electrons. The van der Waals surface area contributed by atoms with E-state index in [1.54, 1.807) is 0 Å². The summed E-state index contributed by atoms with van der Waals surface area (Å²) in [6.45, 7) is 2.34. The number of hydrogen-bond donors (Lipinski definition) is 0. The Balaban J connectivity index is 1.51. The quantitative estimate of drug-likeness (QED) is 0.716. The summed E-state index contributed by atoms with van der Waals surface area (Å²) in [6, 6.07) is 0. The minimum atomic E-state index is 0.436. The summed E-state index contributed by atoms with van der Waals surface area (Å²) in [6.07, 6.45) is 12.1. The van der Waals surface area contributed by atoms with E-state index in [0.29, 0.717) is 17.6 Å². The summed E-state index contributed by atoms with van der Waals surface area (Å²) in [5, 5.41) is 0. The highest BCUT2D eigenvalue weighted by Crippen LogP contribution is 2.57. The van der Waals surface area contributed by atoms with Crippen LogP contribution in [0.5, 0.6) is 0 Å². The first-order valence-electron chi connectivity index (χ1n) is 8.74. The zero-order valence-electron chi connectivity index (χ0n) is 12.3. The molecule has 5 saturated carbocycles. The molecule has 0 radical (unpaired) electrons. The van der Waals surface area contributed by atoms with Crippen molar-refractivity contribution in [2.45, 2.75) is 64.7 Å². The number of carbonyl (C=O) groups is 1. The van der Waals surface area contributed by atoms with Crippen LogP contribution in [-0.2, 0) is 4.79 Å². The second-order valence-electron chi connectivity index (χ2n) is 8.33. The van der Waals surface area contributed by atoms with Crippen LogP contribution in [0.15, 0.2) is 0 Å². The van der Waals surface area contributed by atoms with Crippen LogP contribution >= 0.6 is 0 Å². The average Bonchev–Trinajstić information content (AvgIpc) is 2.37. The Morgan fingerprint density at radius 2 is 1.47 bits per heavy atom. The Kier molecular flexibility index (Phi) is 3.01. The van der Waals surface area contributed by atoms with E-state index in [1.807, 2.05) is 0 Å². The van der Waals surface area contributed by atoms with Gasteiger partial charge in [-0.1, -0.05) is 19.8 Å². The fraction of sp³-hybridized carbons (Fsp3) is 0.944. The minimum Gasteiger partial charge on any atom is -0.299 e. The van der Waals surface area contributed by atoms with Crippen molar-refractivity contribution in [3.63, 3.8) is 0 Å². The number of rotatable bonds is 2. The van der Waals surface area contributed by atoms with Gasteiger partial charge in [0, 0.05) is 11.8 Å². The van der Waals surface area contributed by atoms with E-state index < -0.39 is 0 Å². The normalized spacial score (nSPS) is 52.4. The Labute approximate surface area is 117 Å². The lowest BCUT2D eigenvalue weighted by atomic mass is 9.50. The van der Waals surface area contributed by atoms with Crippen LogP contribution in [0, 0.1) is 41.4 Å². The summed E-state index contributed by atoms with van der Waals surface area (Å²) in [5.74, 6) is 6.00. The Bertz CT molecular complexity index is 344. The fourth-order valence-electron chi connectivity index (χ4n) is 6.35. The van der Waals surface area contributed by atoms with Crippen molar-refractivity contribution in [2.24, 2.45) is 41.4 Å². The van der Waals surface area contributed by atoms with Gasteiger partial charge in [0.15, 0.2) is 0 Å². The smallest absolute Gasteiger partial charge is 0.139 e. The number of ketones is 1. The molecule has 1 heteroatoms. The van der Waals surface area contributed by atoms with Crippen LogP contribution in [-0.4, -0.2) is 5.78 Å². The molecule has 5 fully saturated rings. The standard InChI is InChI=1S/C18H28O/c1-11-3-2-4-14(5-11)18(19)17-15-7-12-6-13(9-15)10-16(17)8-12/h11-17H,2-10H2,1H3. The largest absolute Gasteiger partial charge is 0.299 e. The van der Waals surface area contributed by atoms with Gasteiger partial charge in [-0.3, -0.25) is 4.79 Å². The molecular weight excluding hydrogens is 232 g/mol. The van der Waals surface area contributed by atoms with Crippen molar-refractivity contribution in [3.8, 4) is 0 Å². The van der Waals surface area contributed by atoms with Gasteiger partial charge in [-0.25, -0.2) is 0 Å². The molecule has 1 nitrogen and oxygen atoms in total. The third-order valence-corrected chi connectivity index (χ3v) is 6.89. The number of hydrogen-bond acceptors (Lipinski definition) is 1. The van der Waals surface area contributed by atoms with Crippen molar-refractivity contribution in [2.75, 3.05) is 0 Å². The van der Waals surface area contributed by atoms with Crippen LogP contribution in [0.1, 0.15) is 64.7 Å². The zero-order chi connectivity index (χ0) is 13.0. The molecule has 0 saturated heterocycles. The van der Waals surface area contributed by atoms with Gasteiger partial charge >= 0.3 is 0 Å². The SMILES string of the molecule is CC1CCCC(C(=O)C2C3CC4CC(C3)CC2C4)C1. The first-order valence-corrected chi connectivity index (χ1v) is 8.74. The van der Waals surface area contributed by atoms with Gasteiger partial charge in [0.25, 0.3) is 0 Å². The molecule has 0 heterocycles. The highest BCUT2D eigenvalue weighted by atomic mass is 16.1. The molecule has 5 rings (SSSR count). The fourth-order valence-corrected chi connectivity index (χ4v) is 6.35. The van der Waals surface area contributed by atoms with Gasteiger partial charge in [0.1, 0.15) is 5.78 Å². The van der Waals surface area contributed by atoms with Crippen LogP contribution < -0.4 is 0 Å². The minimum absolute atomic E-state index is 0.436. The van der Waals surface area contributed by atoms with E-state index in [2.05, 4.69) is 6.92 Å². The molecule has 0 aromatic rings. The molecule has 0 spiro atoms. The molecule has 0 aliphatic heterocycles. The summed E-state index contributed by atoms with van der Waals surface area (Å²) in [5.41, 5.74) is 0. The highest BCUT2D eigenvalue weighted by Gasteiger charge is 2.51. The Hall–Kier alpha value is -0.330. The second-order valence-corrected chi connectivity index (χ2v) is 8.33. The van der Waals surface area contributed by atoms with Gasteiger partial charge < -0.3 is 0 Å². The summed E-state index contributed by atoms with van der Waals surface area (Å²) in [7, 11) is 0. The van der Waals surface area contributed by atoms with Crippen molar-refractivity contribution in [1.82, 2.24) is 0 Å². The van der Waals surface area contributed by atoms with Crippen molar-refractivity contribution >= 4 is 5.78 Å². The number of carbonyl (C=O) groups excluding carboxylic acids is 1. The van der Waals surface area contributed by atoms with E-state index in [1.165, 1.54) is 57.8 Å². The molecule has 5 aliphatic carbocycles. The van der Waals surface area contributed by atoms with E-state index in [4.69, 9.17) is 0 Å². The first-order chi connectivity index (χ1) is 9.20. The molecule has 2 atom stereocenters. The second kappa shape index (κ2) is 4.60. The lowest BCUT2D eigenvalue weighted by Crippen LogP contribution is -2.49. The summed E-state index contributed by atoms with van der Waals surface area (Å²) in [4.78, 5) is 13.0. The van der Waals surface area contributed by atoms with Crippen LogP contribution in [0.3, 0.4) is 0 Å². The highest BCUT2D eigenvalue weighted by molar-refractivity contribution is 5.84. The molecular formula is C18H28O.